The van der Waals surface area contributed by atoms with Crippen molar-refractivity contribution in [3.63, 3.8) is 0 Å². The van der Waals surface area contributed by atoms with Crippen LogP contribution in [-0.2, 0) is 4.79 Å². The van der Waals surface area contributed by atoms with Gasteiger partial charge in [0.15, 0.2) is 0 Å². The third kappa shape index (κ3) is 5.80. The minimum Gasteiger partial charge on any atom is -0.494 e. The molecule has 2 rings (SSSR count). The van der Waals surface area contributed by atoms with Gasteiger partial charge >= 0.3 is 0 Å². The van der Waals surface area contributed by atoms with Crippen molar-refractivity contribution in [3.05, 3.63) is 54.1 Å². The summed E-state index contributed by atoms with van der Waals surface area (Å²) in [4.78, 5) is 23.7. The highest BCUT2D eigenvalue weighted by Crippen LogP contribution is 2.23. The highest BCUT2D eigenvalue weighted by Gasteiger charge is 2.25. The molecule has 0 saturated heterocycles. The SMILES string of the molecule is C.CCOc1ccc(-c2ccc(C(=O)N[C@H](C(=O)NO)[C@@H](C)O)cc2)cc1. The molecule has 0 aliphatic carbocycles. The zero-order chi connectivity index (χ0) is 19.1. The van der Waals surface area contributed by atoms with E-state index in [4.69, 9.17) is 9.94 Å². The van der Waals surface area contributed by atoms with Gasteiger partial charge < -0.3 is 15.2 Å². The Morgan fingerprint density at radius 2 is 1.56 bits per heavy atom. The third-order valence-electron chi connectivity index (χ3n) is 3.81. The van der Waals surface area contributed by atoms with Gasteiger partial charge in [-0.2, -0.15) is 0 Å². The summed E-state index contributed by atoms with van der Waals surface area (Å²) < 4.78 is 5.41. The van der Waals surface area contributed by atoms with E-state index in [0.29, 0.717) is 12.2 Å². The fraction of sp³-hybridized carbons (Fsp3) is 0.300. The number of ether oxygens (including phenoxy) is 1. The lowest BCUT2D eigenvalue weighted by Gasteiger charge is -2.19. The molecule has 0 fully saturated rings. The van der Waals surface area contributed by atoms with Crippen LogP contribution < -0.4 is 15.5 Å². The van der Waals surface area contributed by atoms with E-state index in [1.54, 1.807) is 24.3 Å². The summed E-state index contributed by atoms with van der Waals surface area (Å²) in [5.74, 6) is -0.629. The number of hydrogen-bond donors (Lipinski definition) is 4. The van der Waals surface area contributed by atoms with Crippen LogP contribution in [0, 0.1) is 0 Å². The van der Waals surface area contributed by atoms with Crippen molar-refractivity contribution in [2.24, 2.45) is 0 Å². The first-order valence-corrected chi connectivity index (χ1v) is 8.22. The minimum absolute atomic E-state index is 0. The van der Waals surface area contributed by atoms with Crippen molar-refractivity contribution in [1.82, 2.24) is 10.8 Å². The van der Waals surface area contributed by atoms with Gasteiger partial charge in [0, 0.05) is 5.56 Å². The predicted octanol–water partition coefficient (Wildman–Crippen LogP) is 2.37. The maximum Gasteiger partial charge on any atom is 0.268 e. The van der Waals surface area contributed by atoms with E-state index < -0.39 is 24.0 Å². The van der Waals surface area contributed by atoms with Crippen LogP contribution in [0.5, 0.6) is 5.75 Å². The second-order valence-electron chi connectivity index (χ2n) is 5.70. The average molecular weight is 374 g/mol. The highest BCUT2D eigenvalue weighted by atomic mass is 16.5. The molecule has 0 aliphatic rings. The third-order valence-corrected chi connectivity index (χ3v) is 3.81. The summed E-state index contributed by atoms with van der Waals surface area (Å²) in [5.41, 5.74) is 3.65. The zero-order valence-electron chi connectivity index (χ0n) is 14.6. The second-order valence-corrected chi connectivity index (χ2v) is 5.70. The largest absolute Gasteiger partial charge is 0.494 e. The van der Waals surface area contributed by atoms with Crippen molar-refractivity contribution < 1.29 is 24.6 Å². The van der Waals surface area contributed by atoms with E-state index >= 15 is 0 Å². The number of carbonyl (C=O) groups is 2. The van der Waals surface area contributed by atoms with Gasteiger partial charge in [0.25, 0.3) is 11.8 Å². The molecule has 7 nitrogen and oxygen atoms in total. The Morgan fingerprint density at radius 1 is 1.04 bits per heavy atom. The normalized spacial score (nSPS) is 12.3. The van der Waals surface area contributed by atoms with Crippen LogP contribution >= 0.6 is 0 Å². The molecule has 4 N–H and O–H groups in total. The first kappa shape index (κ1) is 22.1. The van der Waals surface area contributed by atoms with Gasteiger partial charge in [0.05, 0.1) is 12.7 Å². The quantitative estimate of drug-likeness (QED) is 0.440. The van der Waals surface area contributed by atoms with Crippen LogP contribution in [-0.4, -0.2) is 40.9 Å². The Balaban J connectivity index is 0.00000364. The summed E-state index contributed by atoms with van der Waals surface area (Å²) in [6.07, 6.45) is -1.16. The molecule has 0 radical (unpaired) electrons. The molecule has 7 heteroatoms. The van der Waals surface area contributed by atoms with Crippen molar-refractivity contribution in [2.75, 3.05) is 6.61 Å². The zero-order valence-corrected chi connectivity index (χ0v) is 14.6. The fourth-order valence-electron chi connectivity index (χ4n) is 2.42. The first-order chi connectivity index (χ1) is 12.5. The van der Waals surface area contributed by atoms with Gasteiger partial charge in [-0.15, -0.1) is 0 Å². The first-order valence-electron chi connectivity index (χ1n) is 8.22. The number of hydrogen-bond acceptors (Lipinski definition) is 5. The van der Waals surface area contributed by atoms with Crippen LogP contribution in [0.2, 0.25) is 0 Å². The molecular weight excluding hydrogens is 348 g/mol. The van der Waals surface area contributed by atoms with E-state index in [-0.39, 0.29) is 7.43 Å². The maximum absolute atomic E-state index is 12.2. The summed E-state index contributed by atoms with van der Waals surface area (Å²) in [5, 5.41) is 20.6. The van der Waals surface area contributed by atoms with E-state index in [2.05, 4.69) is 5.32 Å². The van der Waals surface area contributed by atoms with E-state index in [0.717, 1.165) is 16.9 Å². The molecule has 0 aliphatic heterocycles. The molecule has 146 valence electrons. The molecule has 0 bridgehead atoms. The number of benzene rings is 2. The standard InChI is InChI=1S/C19H22N2O5.CH4/c1-3-26-16-10-8-14(9-11-16)13-4-6-15(7-5-13)18(23)20-17(12(2)22)19(24)21-25;/h4-12,17,22,25H,3H2,1-2H3,(H,20,23)(H,21,24);1H4/t12-,17+;/m1./s1. The van der Waals surface area contributed by atoms with Crippen LogP contribution in [0.1, 0.15) is 31.6 Å². The molecule has 0 heterocycles. The molecule has 2 atom stereocenters. The van der Waals surface area contributed by atoms with Crippen LogP contribution in [0.25, 0.3) is 11.1 Å². The summed E-state index contributed by atoms with van der Waals surface area (Å²) in [7, 11) is 0. The van der Waals surface area contributed by atoms with Crippen molar-refractivity contribution in [3.8, 4) is 16.9 Å². The van der Waals surface area contributed by atoms with Gasteiger partial charge in [0.1, 0.15) is 11.8 Å². The molecule has 0 unspecified atom stereocenters. The van der Waals surface area contributed by atoms with Crippen molar-refractivity contribution in [1.29, 1.82) is 0 Å². The van der Waals surface area contributed by atoms with E-state index in [1.807, 2.05) is 31.2 Å². The lowest BCUT2D eigenvalue weighted by Crippen LogP contribution is -2.51. The number of aliphatic hydroxyl groups excluding tert-OH is 1. The molecule has 0 spiro atoms. The molecular formula is C20H26N2O5. The number of hydroxylamine groups is 1. The number of amides is 2. The Labute approximate surface area is 158 Å². The minimum atomic E-state index is -1.25. The number of aliphatic hydroxyl groups is 1. The van der Waals surface area contributed by atoms with Crippen LogP contribution in [0.3, 0.4) is 0 Å². The molecule has 2 aromatic rings. The summed E-state index contributed by atoms with van der Waals surface area (Å²) in [6, 6.07) is 13.2. The van der Waals surface area contributed by atoms with Crippen molar-refractivity contribution >= 4 is 11.8 Å². The number of carbonyl (C=O) groups excluding carboxylic acids is 2. The number of rotatable bonds is 7. The lowest BCUT2D eigenvalue weighted by molar-refractivity contribution is -0.133. The summed E-state index contributed by atoms with van der Waals surface area (Å²) in [6.45, 7) is 3.87. The van der Waals surface area contributed by atoms with E-state index in [1.165, 1.54) is 12.4 Å². The van der Waals surface area contributed by atoms with Crippen LogP contribution in [0.15, 0.2) is 48.5 Å². The maximum atomic E-state index is 12.2. The van der Waals surface area contributed by atoms with Crippen molar-refractivity contribution in [2.45, 2.75) is 33.4 Å². The Hall–Kier alpha value is -2.90. The Morgan fingerprint density at radius 3 is 2.00 bits per heavy atom. The summed E-state index contributed by atoms with van der Waals surface area (Å²) >= 11 is 0. The smallest absolute Gasteiger partial charge is 0.268 e. The van der Waals surface area contributed by atoms with Gasteiger partial charge in [-0.25, -0.2) is 5.48 Å². The monoisotopic (exact) mass is 374 g/mol. The van der Waals surface area contributed by atoms with Gasteiger partial charge in [-0.05, 0) is 49.2 Å². The van der Waals surface area contributed by atoms with Gasteiger partial charge in [-0.3, -0.25) is 14.8 Å². The topological polar surface area (TPSA) is 108 Å². The fourth-order valence-corrected chi connectivity index (χ4v) is 2.42. The molecule has 0 aromatic heterocycles. The average Bonchev–Trinajstić information content (AvgIpc) is 2.66. The predicted molar refractivity (Wildman–Crippen MR) is 103 cm³/mol. The molecule has 2 aromatic carbocycles. The molecule has 0 saturated carbocycles. The van der Waals surface area contributed by atoms with Gasteiger partial charge in [0.2, 0.25) is 0 Å². The Bertz CT molecular complexity index is 742. The molecule has 2 amide bonds. The van der Waals surface area contributed by atoms with E-state index in [9.17, 15) is 14.7 Å². The number of nitrogens with one attached hydrogen (secondary N) is 2. The highest BCUT2D eigenvalue weighted by molar-refractivity contribution is 5.97. The second kappa shape index (κ2) is 10.3. The molecule has 27 heavy (non-hydrogen) atoms. The van der Waals surface area contributed by atoms with Crippen LogP contribution in [0.4, 0.5) is 0 Å². The lowest BCUT2D eigenvalue weighted by atomic mass is 10.0. The Kier molecular flexibility index (Phi) is 8.44. The van der Waals surface area contributed by atoms with Gasteiger partial charge in [-0.1, -0.05) is 31.7 Å².